The molecule has 0 fully saturated rings. The average Bonchev–Trinajstić information content (AvgIpc) is 2.28. The van der Waals surface area contributed by atoms with Crippen LogP contribution in [-0.4, -0.2) is 18.8 Å². The van der Waals surface area contributed by atoms with Crippen molar-refractivity contribution < 1.29 is 9.13 Å². The second kappa shape index (κ2) is 7.06. The standard InChI is InChI=1S/C12H18BrFN2O/c1-8(2)17-7-10(16-15)5-9-3-4-12(14)11(13)6-9/h3-4,6,8,10,16H,5,7,15H2,1-2H3. The summed E-state index contributed by atoms with van der Waals surface area (Å²) in [5.74, 6) is 5.20. The Hall–Kier alpha value is -0.490. The Kier molecular flexibility index (Phi) is 6.05. The number of halogens is 2. The predicted octanol–water partition coefficient (Wildman–Crippen LogP) is 2.39. The maximum Gasteiger partial charge on any atom is 0.137 e. The summed E-state index contributed by atoms with van der Waals surface area (Å²) >= 11 is 3.16. The molecule has 96 valence electrons. The number of benzene rings is 1. The van der Waals surface area contributed by atoms with Gasteiger partial charge < -0.3 is 4.74 Å². The number of nitrogens with one attached hydrogen (secondary N) is 1. The predicted molar refractivity (Wildman–Crippen MR) is 70.0 cm³/mol. The van der Waals surface area contributed by atoms with E-state index in [2.05, 4.69) is 21.4 Å². The van der Waals surface area contributed by atoms with E-state index in [-0.39, 0.29) is 18.0 Å². The van der Waals surface area contributed by atoms with Gasteiger partial charge in [0.1, 0.15) is 5.82 Å². The van der Waals surface area contributed by atoms with E-state index in [1.165, 1.54) is 6.07 Å². The lowest BCUT2D eigenvalue weighted by molar-refractivity contribution is 0.0613. The molecule has 1 atom stereocenters. The lowest BCUT2D eigenvalue weighted by Crippen LogP contribution is -2.40. The first-order valence-corrected chi connectivity index (χ1v) is 6.34. The molecule has 0 spiro atoms. The maximum atomic E-state index is 13.1. The summed E-state index contributed by atoms with van der Waals surface area (Å²) in [7, 11) is 0. The van der Waals surface area contributed by atoms with Crippen LogP contribution in [0, 0.1) is 5.82 Å². The lowest BCUT2D eigenvalue weighted by Gasteiger charge is -2.18. The Morgan fingerprint density at radius 3 is 2.71 bits per heavy atom. The molecule has 0 heterocycles. The van der Waals surface area contributed by atoms with Gasteiger partial charge in [-0.15, -0.1) is 0 Å². The topological polar surface area (TPSA) is 47.3 Å². The smallest absolute Gasteiger partial charge is 0.137 e. The van der Waals surface area contributed by atoms with Gasteiger partial charge in [-0.1, -0.05) is 6.07 Å². The first kappa shape index (κ1) is 14.6. The van der Waals surface area contributed by atoms with Gasteiger partial charge in [0.2, 0.25) is 0 Å². The summed E-state index contributed by atoms with van der Waals surface area (Å²) in [4.78, 5) is 0. The van der Waals surface area contributed by atoms with E-state index in [1.54, 1.807) is 12.1 Å². The second-order valence-electron chi connectivity index (χ2n) is 4.20. The molecule has 0 amide bonds. The molecular formula is C12H18BrFN2O. The molecule has 0 aromatic heterocycles. The molecule has 1 unspecified atom stereocenters. The van der Waals surface area contributed by atoms with Gasteiger partial charge in [0.05, 0.1) is 17.2 Å². The van der Waals surface area contributed by atoms with Crippen LogP contribution in [0.15, 0.2) is 22.7 Å². The Morgan fingerprint density at radius 2 is 2.18 bits per heavy atom. The van der Waals surface area contributed by atoms with Crippen LogP contribution in [0.25, 0.3) is 0 Å². The molecule has 5 heteroatoms. The van der Waals surface area contributed by atoms with Crippen LogP contribution in [-0.2, 0) is 11.2 Å². The van der Waals surface area contributed by atoms with E-state index >= 15 is 0 Å². The highest BCUT2D eigenvalue weighted by Crippen LogP contribution is 2.17. The summed E-state index contributed by atoms with van der Waals surface area (Å²) < 4.78 is 19.0. The maximum absolute atomic E-state index is 13.1. The fraction of sp³-hybridized carbons (Fsp3) is 0.500. The van der Waals surface area contributed by atoms with E-state index in [4.69, 9.17) is 10.6 Å². The SMILES string of the molecule is CC(C)OCC(Cc1ccc(F)c(Br)c1)NN. The summed E-state index contributed by atoms with van der Waals surface area (Å²) in [6.45, 7) is 4.48. The van der Waals surface area contributed by atoms with E-state index in [9.17, 15) is 4.39 Å². The van der Waals surface area contributed by atoms with Crippen molar-refractivity contribution in [2.45, 2.75) is 32.4 Å². The molecule has 0 saturated heterocycles. The van der Waals surface area contributed by atoms with E-state index in [0.717, 1.165) is 5.56 Å². The van der Waals surface area contributed by atoms with Gasteiger partial charge in [0.25, 0.3) is 0 Å². The van der Waals surface area contributed by atoms with Crippen molar-refractivity contribution in [3.8, 4) is 0 Å². The fourth-order valence-corrected chi connectivity index (χ4v) is 1.85. The largest absolute Gasteiger partial charge is 0.377 e. The van der Waals surface area contributed by atoms with Crippen LogP contribution in [0.5, 0.6) is 0 Å². The number of hydrogen-bond acceptors (Lipinski definition) is 3. The third-order valence-corrected chi connectivity index (χ3v) is 2.94. The monoisotopic (exact) mass is 304 g/mol. The molecule has 0 aliphatic carbocycles. The molecule has 0 bridgehead atoms. The first-order chi connectivity index (χ1) is 8.02. The van der Waals surface area contributed by atoms with Crippen molar-refractivity contribution in [1.82, 2.24) is 5.43 Å². The van der Waals surface area contributed by atoms with E-state index in [1.807, 2.05) is 13.8 Å². The van der Waals surface area contributed by atoms with Crippen molar-refractivity contribution >= 4 is 15.9 Å². The molecule has 0 saturated carbocycles. The average molecular weight is 305 g/mol. The van der Waals surface area contributed by atoms with Gasteiger partial charge in [0.15, 0.2) is 0 Å². The van der Waals surface area contributed by atoms with E-state index in [0.29, 0.717) is 17.5 Å². The third kappa shape index (κ3) is 5.12. The summed E-state index contributed by atoms with van der Waals surface area (Å²) in [6, 6.07) is 4.97. The Morgan fingerprint density at radius 1 is 1.47 bits per heavy atom. The zero-order valence-corrected chi connectivity index (χ0v) is 11.6. The first-order valence-electron chi connectivity index (χ1n) is 5.54. The van der Waals surface area contributed by atoms with Crippen LogP contribution >= 0.6 is 15.9 Å². The molecule has 0 aliphatic heterocycles. The van der Waals surface area contributed by atoms with Crippen molar-refractivity contribution in [3.63, 3.8) is 0 Å². The number of hydrogen-bond donors (Lipinski definition) is 2. The normalized spacial score (nSPS) is 13.1. The molecule has 1 aromatic rings. The van der Waals surface area contributed by atoms with Gasteiger partial charge in [-0.05, 0) is 53.9 Å². The zero-order valence-electron chi connectivity index (χ0n) is 10.0. The van der Waals surface area contributed by atoms with Gasteiger partial charge in [-0.2, -0.15) is 0 Å². The van der Waals surface area contributed by atoms with Crippen LogP contribution in [0.1, 0.15) is 19.4 Å². The highest BCUT2D eigenvalue weighted by atomic mass is 79.9. The number of hydrazine groups is 1. The van der Waals surface area contributed by atoms with Crippen LogP contribution in [0.4, 0.5) is 4.39 Å². The molecule has 0 aliphatic rings. The Labute approximate surface area is 110 Å². The minimum atomic E-state index is -0.260. The summed E-state index contributed by atoms with van der Waals surface area (Å²) in [6.07, 6.45) is 0.869. The van der Waals surface area contributed by atoms with Crippen LogP contribution in [0.2, 0.25) is 0 Å². The zero-order chi connectivity index (χ0) is 12.8. The fourth-order valence-electron chi connectivity index (χ4n) is 1.43. The second-order valence-corrected chi connectivity index (χ2v) is 5.05. The van der Waals surface area contributed by atoms with E-state index < -0.39 is 0 Å². The summed E-state index contributed by atoms with van der Waals surface area (Å²) in [5, 5.41) is 0. The van der Waals surface area contributed by atoms with Gasteiger partial charge in [-0.25, -0.2) is 4.39 Å². The molecule has 1 rings (SSSR count). The van der Waals surface area contributed by atoms with Crippen molar-refractivity contribution in [1.29, 1.82) is 0 Å². The highest BCUT2D eigenvalue weighted by molar-refractivity contribution is 9.10. The molecule has 17 heavy (non-hydrogen) atoms. The molecular weight excluding hydrogens is 287 g/mol. The molecule has 3 nitrogen and oxygen atoms in total. The van der Waals surface area contributed by atoms with Crippen molar-refractivity contribution in [2.75, 3.05) is 6.61 Å². The molecule has 0 radical (unpaired) electrons. The van der Waals surface area contributed by atoms with Crippen LogP contribution < -0.4 is 11.3 Å². The number of nitrogens with two attached hydrogens (primary N) is 1. The van der Waals surface area contributed by atoms with Crippen LogP contribution in [0.3, 0.4) is 0 Å². The Bertz CT molecular complexity index is 360. The lowest BCUT2D eigenvalue weighted by atomic mass is 10.1. The van der Waals surface area contributed by atoms with Gasteiger partial charge in [0, 0.05) is 6.04 Å². The summed E-state index contributed by atoms with van der Waals surface area (Å²) in [5.41, 5.74) is 3.71. The quantitative estimate of drug-likeness (QED) is 0.627. The van der Waals surface area contributed by atoms with Crippen molar-refractivity contribution in [2.24, 2.45) is 5.84 Å². The molecule has 3 N–H and O–H groups in total. The number of ether oxygens (including phenoxy) is 1. The van der Waals surface area contributed by atoms with Crippen molar-refractivity contribution in [3.05, 3.63) is 34.1 Å². The third-order valence-electron chi connectivity index (χ3n) is 2.33. The number of rotatable bonds is 6. The Balaban J connectivity index is 2.57. The van der Waals surface area contributed by atoms with Gasteiger partial charge in [-0.3, -0.25) is 11.3 Å². The highest BCUT2D eigenvalue weighted by Gasteiger charge is 2.10. The molecule has 1 aromatic carbocycles. The minimum Gasteiger partial charge on any atom is -0.377 e. The minimum absolute atomic E-state index is 0.0229. The van der Waals surface area contributed by atoms with Gasteiger partial charge >= 0.3 is 0 Å².